The summed E-state index contributed by atoms with van der Waals surface area (Å²) in [5.41, 5.74) is 11.5. The Bertz CT molecular complexity index is 514. The van der Waals surface area contributed by atoms with E-state index in [1.807, 2.05) is 13.8 Å². The number of hydrogen-bond acceptors (Lipinski definition) is 6. The number of ether oxygens (including phenoxy) is 1. The molecule has 1 aromatic rings. The minimum atomic E-state index is -0.661. The largest absolute Gasteiger partial charge is 0.397 e. The fraction of sp³-hybridized carbons (Fsp3) is 0.538. The van der Waals surface area contributed by atoms with Gasteiger partial charge >= 0.3 is 0 Å². The van der Waals surface area contributed by atoms with Crippen LogP contribution in [-0.2, 0) is 4.74 Å². The molecule has 1 heterocycles. The highest BCUT2D eigenvalue weighted by molar-refractivity contribution is 7.19. The van der Waals surface area contributed by atoms with Gasteiger partial charge in [-0.2, -0.15) is 0 Å². The van der Waals surface area contributed by atoms with E-state index >= 15 is 0 Å². The molecule has 0 atom stereocenters. The lowest BCUT2D eigenvalue weighted by atomic mass is 10.2. The molecule has 0 spiro atoms. The number of hydrogen-bond donors (Lipinski definition) is 4. The van der Waals surface area contributed by atoms with Gasteiger partial charge in [-0.05, 0) is 20.8 Å². The maximum atomic E-state index is 11.9. The minimum absolute atomic E-state index is 0.116. The van der Waals surface area contributed by atoms with Crippen molar-refractivity contribution in [3.05, 3.63) is 10.4 Å². The summed E-state index contributed by atoms with van der Waals surface area (Å²) in [6.45, 7) is 7.12. The average molecular weight is 314 g/mol. The van der Waals surface area contributed by atoms with Crippen LogP contribution in [0.15, 0.2) is 0 Å². The van der Waals surface area contributed by atoms with Gasteiger partial charge in [0.15, 0.2) is 0 Å². The first kappa shape index (κ1) is 17.3. The lowest BCUT2D eigenvalue weighted by Gasteiger charge is -2.09. The lowest BCUT2D eigenvalue weighted by molar-refractivity contribution is 0.0870. The highest BCUT2D eigenvalue weighted by Crippen LogP contribution is 2.35. The number of carbonyl (C=O) groups is 2. The zero-order valence-corrected chi connectivity index (χ0v) is 13.3. The van der Waals surface area contributed by atoms with Crippen molar-refractivity contribution in [2.45, 2.75) is 26.9 Å². The molecule has 0 bridgehead atoms. The second-order valence-electron chi connectivity index (χ2n) is 4.62. The number of amides is 2. The average Bonchev–Trinajstić information content (AvgIpc) is 2.72. The van der Waals surface area contributed by atoms with Gasteiger partial charge < -0.3 is 26.8 Å². The first-order valence-corrected chi connectivity index (χ1v) is 7.55. The van der Waals surface area contributed by atoms with E-state index in [0.717, 1.165) is 11.3 Å². The fourth-order valence-corrected chi connectivity index (χ4v) is 2.75. The van der Waals surface area contributed by atoms with Crippen molar-refractivity contribution in [3.8, 4) is 0 Å². The van der Waals surface area contributed by atoms with E-state index in [-0.39, 0.29) is 28.1 Å². The molecule has 21 heavy (non-hydrogen) atoms. The van der Waals surface area contributed by atoms with Gasteiger partial charge in [-0.1, -0.05) is 0 Å². The molecule has 118 valence electrons. The molecule has 1 aromatic heterocycles. The van der Waals surface area contributed by atoms with Crippen molar-refractivity contribution in [3.63, 3.8) is 0 Å². The van der Waals surface area contributed by atoms with Crippen LogP contribution in [0.4, 0.5) is 10.7 Å². The number of nitrogen functional groups attached to an aromatic ring is 1. The van der Waals surface area contributed by atoms with E-state index in [9.17, 15) is 9.59 Å². The quantitative estimate of drug-likeness (QED) is 0.534. The molecule has 8 heteroatoms. The molecule has 0 aliphatic carbocycles. The number of primary amides is 1. The Morgan fingerprint density at radius 2 is 2.05 bits per heavy atom. The van der Waals surface area contributed by atoms with Gasteiger partial charge in [0.2, 0.25) is 0 Å². The molecular formula is C13H22N4O3S. The van der Waals surface area contributed by atoms with Crippen molar-refractivity contribution in [2.24, 2.45) is 5.73 Å². The zero-order valence-electron chi connectivity index (χ0n) is 12.5. The summed E-state index contributed by atoms with van der Waals surface area (Å²) in [5.74, 6) is -0.972. The molecule has 0 fully saturated rings. The van der Waals surface area contributed by atoms with Crippen molar-refractivity contribution < 1.29 is 14.3 Å². The molecule has 0 saturated heterocycles. The van der Waals surface area contributed by atoms with Crippen molar-refractivity contribution in [1.82, 2.24) is 5.32 Å². The van der Waals surface area contributed by atoms with Gasteiger partial charge in [-0.3, -0.25) is 9.59 Å². The summed E-state index contributed by atoms with van der Waals surface area (Å²) >= 11 is 1.12. The Morgan fingerprint density at radius 3 is 2.57 bits per heavy atom. The van der Waals surface area contributed by atoms with Crippen LogP contribution in [0.1, 0.15) is 40.8 Å². The molecule has 0 unspecified atom stereocenters. The summed E-state index contributed by atoms with van der Waals surface area (Å²) in [6.07, 6.45) is 0.127. The van der Waals surface area contributed by atoms with Crippen LogP contribution in [0.2, 0.25) is 0 Å². The SMILES string of the molecule is CCNC(=O)c1sc(NCCOC(C)C)c(C(N)=O)c1N. The molecule has 0 saturated carbocycles. The van der Waals surface area contributed by atoms with E-state index in [1.54, 1.807) is 6.92 Å². The molecule has 1 rings (SSSR count). The first-order valence-electron chi connectivity index (χ1n) is 6.74. The van der Waals surface area contributed by atoms with E-state index < -0.39 is 5.91 Å². The summed E-state index contributed by atoms with van der Waals surface area (Å²) in [4.78, 5) is 23.7. The summed E-state index contributed by atoms with van der Waals surface area (Å²) < 4.78 is 5.40. The number of anilines is 2. The Balaban J connectivity index is 2.89. The Kier molecular flexibility index (Phi) is 6.44. The van der Waals surface area contributed by atoms with Crippen LogP contribution in [0, 0.1) is 0 Å². The lowest BCUT2D eigenvalue weighted by Crippen LogP contribution is -2.23. The van der Waals surface area contributed by atoms with Gasteiger partial charge in [0.05, 0.1) is 24.0 Å². The molecule has 6 N–H and O–H groups in total. The number of rotatable bonds is 8. The van der Waals surface area contributed by atoms with E-state index in [2.05, 4.69) is 10.6 Å². The number of nitrogens with one attached hydrogen (secondary N) is 2. The second kappa shape index (κ2) is 7.84. The van der Waals surface area contributed by atoms with Crippen molar-refractivity contribution >= 4 is 33.8 Å². The van der Waals surface area contributed by atoms with Gasteiger partial charge in [-0.25, -0.2) is 0 Å². The summed E-state index contributed by atoms with van der Waals surface area (Å²) in [6, 6.07) is 0. The number of nitrogens with two attached hydrogens (primary N) is 2. The third-order valence-corrected chi connectivity index (χ3v) is 3.74. The third kappa shape index (κ3) is 4.61. The topological polar surface area (TPSA) is 119 Å². The monoisotopic (exact) mass is 314 g/mol. The minimum Gasteiger partial charge on any atom is -0.397 e. The standard InChI is InChI=1S/C13H22N4O3S/c1-4-16-12(19)10-9(14)8(11(15)18)13(21-10)17-5-6-20-7(2)3/h7,17H,4-6,14H2,1-3H3,(H2,15,18)(H,16,19). The van der Waals surface area contributed by atoms with Gasteiger partial charge in [0.1, 0.15) is 9.88 Å². The highest BCUT2D eigenvalue weighted by Gasteiger charge is 2.23. The van der Waals surface area contributed by atoms with E-state index in [1.165, 1.54) is 0 Å². The molecule has 0 radical (unpaired) electrons. The molecule has 7 nitrogen and oxygen atoms in total. The van der Waals surface area contributed by atoms with Gasteiger partial charge in [0.25, 0.3) is 11.8 Å². The van der Waals surface area contributed by atoms with Crippen LogP contribution >= 0.6 is 11.3 Å². The number of thiophene rings is 1. The maximum Gasteiger partial charge on any atom is 0.263 e. The number of carbonyl (C=O) groups excluding carboxylic acids is 2. The third-order valence-electron chi connectivity index (χ3n) is 2.57. The molecule has 0 aliphatic rings. The predicted octanol–water partition coefficient (Wildman–Crippen LogP) is 1.02. The van der Waals surface area contributed by atoms with Crippen LogP contribution in [0.3, 0.4) is 0 Å². The van der Waals surface area contributed by atoms with Crippen LogP contribution < -0.4 is 22.1 Å². The maximum absolute atomic E-state index is 11.9. The Labute approximate surface area is 128 Å². The van der Waals surface area contributed by atoms with Gasteiger partial charge in [-0.15, -0.1) is 11.3 Å². The fourth-order valence-electron chi connectivity index (χ4n) is 1.68. The first-order chi connectivity index (χ1) is 9.88. The molecule has 0 aromatic carbocycles. The van der Waals surface area contributed by atoms with Crippen molar-refractivity contribution in [2.75, 3.05) is 30.7 Å². The van der Waals surface area contributed by atoms with Crippen molar-refractivity contribution in [1.29, 1.82) is 0 Å². The zero-order chi connectivity index (χ0) is 16.0. The molecule has 0 aliphatic heterocycles. The van der Waals surface area contributed by atoms with Crippen LogP contribution in [-0.4, -0.2) is 37.6 Å². The predicted molar refractivity (Wildman–Crippen MR) is 84.8 cm³/mol. The smallest absolute Gasteiger partial charge is 0.263 e. The Hall–Kier alpha value is -1.80. The van der Waals surface area contributed by atoms with Gasteiger partial charge in [0, 0.05) is 13.1 Å². The Morgan fingerprint density at radius 1 is 1.38 bits per heavy atom. The second-order valence-corrected chi connectivity index (χ2v) is 5.64. The highest BCUT2D eigenvalue weighted by atomic mass is 32.1. The molecular weight excluding hydrogens is 292 g/mol. The van der Waals surface area contributed by atoms with E-state index in [0.29, 0.717) is 24.7 Å². The van der Waals surface area contributed by atoms with Crippen LogP contribution in [0.25, 0.3) is 0 Å². The summed E-state index contributed by atoms with van der Waals surface area (Å²) in [7, 11) is 0. The molecule has 2 amide bonds. The van der Waals surface area contributed by atoms with E-state index in [4.69, 9.17) is 16.2 Å². The van der Waals surface area contributed by atoms with Crippen LogP contribution in [0.5, 0.6) is 0 Å². The summed E-state index contributed by atoms with van der Waals surface area (Å²) in [5, 5.41) is 6.19. The normalized spacial score (nSPS) is 10.7.